The summed E-state index contributed by atoms with van der Waals surface area (Å²) >= 11 is 0. The largest absolute Gasteiger partial charge is 0.0726 e. The summed E-state index contributed by atoms with van der Waals surface area (Å²) in [5, 5.41) is 2.81. The third-order valence-corrected chi connectivity index (χ3v) is 3.89. The van der Waals surface area contributed by atoms with E-state index >= 15 is 0 Å². The highest BCUT2D eigenvalue weighted by Crippen LogP contribution is 2.33. The van der Waals surface area contributed by atoms with E-state index in [0.29, 0.717) is 0 Å². The first-order chi connectivity index (χ1) is 9.29. The fourth-order valence-electron chi connectivity index (χ4n) is 2.94. The number of hydrogen-bond donors (Lipinski definition) is 0. The van der Waals surface area contributed by atoms with E-state index in [4.69, 9.17) is 0 Å². The van der Waals surface area contributed by atoms with Crippen molar-refractivity contribution in [3.63, 3.8) is 0 Å². The molecule has 0 radical (unpaired) electrons. The van der Waals surface area contributed by atoms with Crippen LogP contribution in [-0.4, -0.2) is 0 Å². The van der Waals surface area contributed by atoms with Gasteiger partial charge in [-0.15, -0.1) is 0 Å². The standard InChI is InChI=1S/C19H20/c1-3-6-15-11-12-18(16-10-9-14(2)13-16)19-8-5-4-7-17(15)19/h4-5,7-8,10-13H,3,6,9H2,1-2H3. The second kappa shape index (κ2) is 5.05. The Bertz CT molecular complexity index is 671. The summed E-state index contributed by atoms with van der Waals surface area (Å²) in [7, 11) is 0. The number of hydrogen-bond acceptors (Lipinski definition) is 0. The lowest BCUT2D eigenvalue weighted by Gasteiger charge is -2.11. The molecule has 19 heavy (non-hydrogen) atoms. The van der Waals surface area contributed by atoms with Gasteiger partial charge < -0.3 is 0 Å². The van der Waals surface area contributed by atoms with Gasteiger partial charge in [0.15, 0.2) is 0 Å². The van der Waals surface area contributed by atoms with Gasteiger partial charge in [-0.25, -0.2) is 0 Å². The highest BCUT2D eigenvalue weighted by Gasteiger charge is 2.10. The van der Waals surface area contributed by atoms with Gasteiger partial charge in [-0.05, 0) is 47.2 Å². The third-order valence-electron chi connectivity index (χ3n) is 3.89. The van der Waals surface area contributed by atoms with E-state index in [1.807, 2.05) is 0 Å². The molecule has 1 aliphatic carbocycles. The van der Waals surface area contributed by atoms with Crippen LogP contribution in [0.5, 0.6) is 0 Å². The molecular formula is C19H20. The fraction of sp³-hybridized carbons (Fsp3) is 0.263. The SMILES string of the molecule is CCCc1ccc(C2=CCC(C)=C2)c2ccccc12. The van der Waals surface area contributed by atoms with Crippen LogP contribution in [0.1, 0.15) is 37.8 Å². The van der Waals surface area contributed by atoms with Crippen molar-refractivity contribution in [2.45, 2.75) is 33.1 Å². The van der Waals surface area contributed by atoms with Crippen LogP contribution in [0.4, 0.5) is 0 Å². The van der Waals surface area contributed by atoms with E-state index < -0.39 is 0 Å². The molecular weight excluding hydrogens is 228 g/mol. The van der Waals surface area contributed by atoms with Crippen LogP contribution in [0.15, 0.2) is 54.1 Å². The van der Waals surface area contributed by atoms with Crippen molar-refractivity contribution in [3.8, 4) is 0 Å². The summed E-state index contributed by atoms with van der Waals surface area (Å²) in [6.07, 6.45) is 8.12. The second-order valence-corrected chi connectivity index (χ2v) is 5.42. The van der Waals surface area contributed by atoms with Crippen LogP contribution in [0.2, 0.25) is 0 Å². The van der Waals surface area contributed by atoms with Gasteiger partial charge in [0.05, 0.1) is 0 Å². The average Bonchev–Trinajstić information content (AvgIpc) is 2.86. The topological polar surface area (TPSA) is 0 Å². The summed E-state index contributed by atoms with van der Waals surface area (Å²) in [6.45, 7) is 4.45. The molecule has 0 saturated heterocycles. The first-order valence-corrected chi connectivity index (χ1v) is 7.18. The minimum absolute atomic E-state index is 1.10. The summed E-state index contributed by atoms with van der Waals surface area (Å²) in [5.41, 5.74) is 5.70. The molecule has 2 aromatic carbocycles. The van der Waals surface area contributed by atoms with E-state index in [1.54, 1.807) is 0 Å². The van der Waals surface area contributed by atoms with Crippen molar-refractivity contribution >= 4 is 16.3 Å². The van der Waals surface area contributed by atoms with Crippen molar-refractivity contribution in [2.24, 2.45) is 0 Å². The molecule has 0 bridgehead atoms. The molecule has 2 aromatic rings. The fourth-order valence-corrected chi connectivity index (χ4v) is 2.94. The quantitative estimate of drug-likeness (QED) is 0.670. The number of fused-ring (bicyclic) bond motifs is 1. The van der Waals surface area contributed by atoms with Gasteiger partial charge in [0.25, 0.3) is 0 Å². The maximum atomic E-state index is 2.34. The zero-order chi connectivity index (χ0) is 13.2. The summed E-state index contributed by atoms with van der Waals surface area (Å²) < 4.78 is 0. The summed E-state index contributed by atoms with van der Waals surface area (Å²) in [5.74, 6) is 0. The number of allylic oxidation sites excluding steroid dienone is 4. The van der Waals surface area contributed by atoms with Crippen molar-refractivity contribution < 1.29 is 0 Å². The lowest BCUT2D eigenvalue weighted by Crippen LogP contribution is -1.90. The Morgan fingerprint density at radius 1 is 1.00 bits per heavy atom. The Morgan fingerprint density at radius 2 is 1.79 bits per heavy atom. The Morgan fingerprint density at radius 3 is 2.47 bits per heavy atom. The molecule has 0 saturated carbocycles. The molecule has 96 valence electrons. The zero-order valence-corrected chi connectivity index (χ0v) is 11.7. The van der Waals surface area contributed by atoms with Crippen LogP contribution in [-0.2, 0) is 6.42 Å². The molecule has 0 heteroatoms. The molecule has 1 aliphatic rings. The van der Waals surface area contributed by atoms with E-state index in [0.717, 1.165) is 12.8 Å². The van der Waals surface area contributed by atoms with Crippen LogP contribution in [0.25, 0.3) is 16.3 Å². The van der Waals surface area contributed by atoms with Gasteiger partial charge in [-0.1, -0.05) is 67.5 Å². The van der Waals surface area contributed by atoms with Gasteiger partial charge in [0.1, 0.15) is 0 Å². The molecule has 0 fully saturated rings. The molecule has 0 heterocycles. The van der Waals surface area contributed by atoms with Gasteiger partial charge in [-0.2, -0.15) is 0 Å². The van der Waals surface area contributed by atoms with Crippen molar-refractivity contribution in [2.75, 3.05) is 0 Å². The molecule has 0 aliphatic heterocycles. The van der Waals surface area contributed by atoms with E-state index in [9.17, 15) is 0 Å². The van der Waals surface area contributed by atoms with Crippen LogP contribution in [0, 0.1) is 0 Å². The normalized spacial score (nSPS) is 14.6. The van der Waals surface area contributed by atoms with Crippen molar-refractivity contribution in [1.82, 2.24) is 0 Å². The van der Waals surface area contributed by atoms with Crippen molar-refractivity contribution in [1.29, 1.82) is 0 Å². The Kier molecular flexibility index (Phi) is 3.25. The van der Waals surface area contributed by atoms with Crippen LogP contribution < -0.4 is 0 Å². The molecule has 0 N–H and O–H groups in total. The lowest BCUT2D eigenvalue weighted by atomic mass is 9.94. The molecule has 0 nitrogen and oxygen atoms in total. The predicted molar refractivity (Wildman–Crippen MR) is 84.3 cm³/mol. The smallest absolute Gasteiger partial charge is 0.0103 e. The minimum Gasteiger partial charge on any atom is -0.0726 e. The van der Waals surface area contributed by atoms with Gasteiger partial charge in [0.2, 0.25) is 0 Å². The monoisotopic (exact) mass is 248 g/mol. The van der Waals surface area contributed by atoms with Gasteiger partial charge in [-0.3, -0.25) is 0 Å². The summed E-state index contributed by atoms with van der Waals surface area (Å²) in [6, 6.07) is 13.4. The average molecular weight is 248 g/mol. The summed E-state index contributed by atoms with van der Waals surface area (Å²) in [4.78, 5) is 0. The molecule has 0 amide bonds. The first kappa shape index (κ1) is 12.2. The molecule has 0 spiro atoms. The zero-order valence-electron chi connectivity index (χ0n) is 11.7. The maximum absolute atomic E-state index is 2.34. The Balaban J connectivity index is 2.20. The van der Waals surface area contributed by atoms with E-state index in [1.165, 1.54) is 39.5 Å². The predicted octanol–water partition coefficient (Wildman–Crippen LogP) is 5.53. The molecule has 0 atom stereocenters. The molecule has 0 unspecified atom stereocenters. The minimum atomic E-state index is 1.10. The van der Waals surface area contributed by atoms with E-state index in [2.05, 4.69) is 62.4 Å². The highest BCUT2D eigenvalue weighted by atomic mass is 14.1. The Hall–Kier alpha value is -1.82. The van der Waals surface area contributed by atoms with Crippen LogP contribution >= 0.6 is 0 Å². The lowest BCUT2D eigenvalue weighted by molar-refractivity contribution is 0.929. The van der Waals surface area contributed by atoms with Gasteiger partial charge in [0, 0.05) is 0 Å². The molecule has 0 aromatic heterocycles. The van der Waals surface area contributed by atoms with E-state index in [-0.39, 0.29) is 0 Å². The second-order valence-electron chi connectivity index (χ2n) is 5.42. The van der Waals surface area contributed by atoms with Gasteiger partial charge >= 0.3 is 0 Å². The number of rotatable bonds is 3. The first-order valence-electron chi connectivity index (χ1n) is 7.18. The van der Waals surface area contributed by atoms with Crippen LogP contribution in [0.3, 0.4) is 0 Å². The molecule has 3 rings (SSSR count). The Labute approximate surface area is 115 Å². The maximum Gasteiger partial charge on any atom is -0.0103 e. The third kappa shape index (κ3) is 2.23. The highest BCUT2D eigenvalue weighted by molar-refractivity contribution is 5.98. The number of benzene rings is 2. The number of aryl methyl sites for hydroxylation is 1. The van der Waals surface area contributed by atoms with Crippen molar-refractivity contribution in [3.05, 3.63) is 65.3 Å².